The number of carbonyl (C=O) groups excluding carboxylic acids is 1. The molecule has 158 valence electrons. The van der Waals surface area contributed by atoms with E-state index in [9.17, 15) is 14.4 Å². The van der Waals surface area contributed by atoms with Crippen molar-refractivity contribution in [2.45, 2.75) is 32.2 Å². The van der Waals surface area contributed by atoms with Crippen molar-refractivity contribution < 1.29 is 4.79 Å². The first-order valence-electron chi connectivity index (χ1n) is 10.5. The smallest absolute Gasteiger partial charge is 0.316 e. The highest BCUT2D eigenvalue weighted by atomic mass is 16.2. The van der Waals surface area contributed by atoms with Crippen LogP contribution in [0, 0.1) is 0 Å². The summed E-state index contributed by atoms with van der Waals surface area (Å²) in [6, 6.07) is 9.15. The molecule has 4 aromatic rings. The van der Waals surface area contributed by atoms with Crippen LogP contribution in [0.3, 0.4) is 0 Å². The second-order valence-electron chi connectivity index (χ2n) is 7.95. The first-order valence-corrected chi connectivity index (χ1v) is 10.5. The third-order valence-corrected chi connectivity index (χ3v) is 6.24. The number of pyridine rings is 1. The maximum Gasteiger partial charge on any atom is 0.316 e. The molecule has 1 aliphatic rings. The first-order chi connectivity index (χ1) is 15.1. The molecular formula is C23H23N5O3. The average molecular weight is 417 g/mol. The fraction of sp³-hybridized carbons (Fsp3) is 0.304. The number of aromatic nitrogens is 4. The lowest BCUT2D eigenvalue weighted by molar-refractivity contribution is 0.0713. The summed E-state index contributed by atoms with van der Waals surface area (Å²) in [6.45, 7) is 3.54. The van der Waals surface area contributed by atoms with Crippen LogP contribution in [-0.4, -0.2) is 43.4 Å². The second-order valence-corrected chi connectivity index (χ2v) is 7.95. The van der Waals surface area contributed by atoms with Crippen LogP contribution in [0.25, 0.3) is 22.1 Å². The van der Waals surface area contributed by atoms with Gasteiger partial charge in [0, 0.05) is 43.0 Å². The number of fused-ring (bicyclic) bond motifs is 2. The SMILES string of the molecule is CCn1c(=O)c(=O)[nH]c2cc(C(=O)N3CCC(c4c[nH]c5ncccc45)CC3)ccc21. The van der Waals surface area contributed by atoms with Crippen molar-refractivity contribution in [2.75, 3.05) is 13.1 Å². The summed E-state index contributed by atoms with van der Waals surface area (Å²) in [5.74, 6) is 0.324. The highest BCUT2D eigenvalue weighted by molar-refractivity contribution is 5.97. The zero-order valence-corrected chi connectivity index (χ0v) is 17.2. The molecule has 0 unspecified atom stereocenters. The molecule has 3 aromatic heterocycles. The van der Waals surface area contributed by atoms with Gasteiger partial charge >= 0.3 is 11.1 Å². The molecule has 31 heavy (non-hydrogen) atoms. The fourth-order valence-corrected chi connectivity index (χ4v) is 4.62. The molecule has 4 heterocycles. The van der Waals surface area contributed by atoms with E-state index in [1.807, 2.05) is 24.1 Å². The van der Waals surface area contributed by atoms with Gasteiger partial charge in [0.05, 0.1) is 11.0 Å². The molecule has 0 saturated carbocycles. The minimum Gasteiger partial charge on any atom is -0.346 e. The van der Waals surface area contributed by atoms with Crippen molar-refractivity contribution in [2.24, 2.45) is 0 Å². The van der Waals surface area contributed by atoms with Gasteiger partial charge in [0.1, 0.15) is 5.65 Å². The number of H-pyrrole nitrogens is 2. The van der Waals surface area contributed by atoms with E-state index < -0.39 is 11.1 Å². The van der Waals surface area contributed by atoms with E-state index in [0.29, 0.717) is 42.1 Å². The van der Waals surface area contributed by atoms with E-state index in [2.05, 4.69) is 21.0 Å². The van der Waals surface area contributed by atoms with Crippen LogP contribution in [0.15, 0.2) is 52.3 Å². The lowest BCUT2D eigenvalue weighted by Crippen LogP contribution is -2.38. The van der Waals surface area contributed by atoms with E-state index in [1.54, 1.807) is 24.4 Å². The maximum atomic E-state index is 13.1. The number of aromatic amines is 2. The van der Waals surface area contributed by atoms with Gasteiger partial charge in [-0.15, -0.1) is 0 Å². The van der Waals surface area contributed by atoms with Crippen LogP contribution < -0.4 is 11.1 Å². The number of nitrogens with one attached hydrogen (secondary N) is 2. The summed E-state index contributed by atoms with van der Waals surface area (Å²) >= 11 is 0. The van der Waals surface area contributed by atoms with Crippen molar-refractivity contribution in [3.05, 3.63) is 74.6 Å². The summed E-state index contributed by atoms with van der Waals surface area (Å²) < 4.78 is 1.42. The molecule has 2 N–H and O–H groups in total. The van der Waals surface area contributed by atoms with Crippen LogP contribution in [-0.2, 0) is 6.54 Å². The summed E-state index contributed by atoms with van der Waals surface area (Å²) in [5.41, 5.74) is 2.53. The minimum atomic E-state index is -0.673. The molecule has 5 rings (SSSR count). The molecule has 8 nitrogen and oxygen atoms in total. The Morgan fingerprint density at radius 2 is 2.00 bits per heavy atom. The molecule has 1 saturated heterocycles. The Kier molecular flexibility index (Phi) is 4.69. The molecule has 1 aliphatic heterocycles. The molecule has 8 heteroatoms. The lowest BCUT2D eigenvalue weighted by atomic mass is 9.89. The number of piperidine rings is 1. The predicted octanol–water partition coefficient (Wildman–Crippen LogP) is 2.61. The average Bonchev–Trinajstić information content (AvgIpc) is 3.23. The van der Waals surface area contributed by atoms with Crippen molar-refractivity contribution >= 4 is 28.0 Å². The molecule has 1 amide bonds. The molecule has 0 atom stereocenters. The van der Waals surface area contributed by atoms with E-state index in [1.165, 1.54) is 10.1 Å². The van der Waals surface area contributed by atoms with Crippen molar-refractivity contribution in [1.82, 2.24) is 24.4 Å². The number of carbonyl (C=O) groups is 1. The highest BCUT2D eigenvalue weighted by Gasteiger charge is 2.26. The van der Waals surface area contributed by atoms with E-state index >= 15 is 0 Å². The Labute approximate surface area is 177 Å². The largest absolute Gasteiger partial charge is 0.346 e. The van der Waals surface area contributed by atoms with Gasteiger partial charge in [0.15, 0.2) is 0 Å². The van der Waals surface area contributed by atoms with Crippen molar-refractivity contribution in [3.63, 3.8) is 0 Å². The van der Waals surface area contributed by atoms with Crippen LogP contribution in [0.2, 0.25) is 0 Å². The van der Waals surface area contributed by atoms with Gasteiger partial charge in [-0.3, -0.25) is 14.4 Å². The second kappa shape index (κ2) is 7.54. The van der Waals surface area contributed by atoms with Crippen LogP contribution >= 0.6 is 0 Å². The Morgan fingerprint density at radius 3 is 2.77 bits per heavy atom. The molecule has 0 bridgehead atoms. The van der Waals surface area contributed by atoms with Gasteiger partial charge in [-0.25, -0.2) is 4.98 Å². The van der Waals surface area contributed by atoms with Gasteiger partial charge in [-0.1, -0.05) is 0 Å². The molecule has 1 aromatic carbocycles. The number of amides is 1. The van der Waals surface area contributed by atoms with E-state index in [4.69, 9.17) is 0 Å². The van der Waals surface area contributed by atoms with Crippen molar-refractivity contribution in [1.29, 1.82) is 0 Å². The number of benzene rings is 1. The zero-order valence-electron chi connectivity index (χ0n) is 17.2. The molecule has 0 aliphatic carbocycles. The van der Waals surface area contributed by atoms with Crippen LogP contribution in [0.5, 0.6) is 0 Å². The lowest BCUT2D eigenvalue weighted by Gasteiger charge is -2.32. The number of aryl methyl sites for hydroxylation is 1. The number of hydrogen-bond acceptors (Lipinski definition) is 4. The standard InChI is InChI=1S/C23H23N5O3/c1-2-28-19-6-5-15(12-18(19)26-21(29)23(28)31)22(30)27-10-7-14(8-11-27)17-13-25-20-16(17)4-3-9-24-20/h3-6,9,12-14H,2,7-8,10-11H2,1H3,(H,24,25)(H,26,29). The number of rotatable bonds is 3. The maximum absolute atomic E-state index is 13.1. The summed E-state index contributed by atoms with van der Waals surface area (Å²) in [5, 5.41) is 1.15. The van der Waals surface area contributed by atoms with Crippen LogP contribution in [0.1, 0.15) is 41.6 Å². The van der Waals surface area contributed by atoms with Crippen molar-refractivity contribution in [3.8, 4) is 0 Å². The van der Waals surface area contributed by atoms with Gasteiger partial charge in [0.25, 0.3) is 5.91 Å². The van der Waals surface area contributed by atoms with Gasteiger partial charge in [-0.2, -0.15) is 0 Å². The summed E-state index contributed by atoms with van der Waals surface area (Å²) in [6.07, 6.45) is 5.58. The normalized spacial score (nSPS) is 15.1. The van der Waals surface area contributed by atoms with Gasteiger partial charge in [-0.05, 0) is 61.6 Å². The molecule has 0 radical (unpaired) electrons. The Balaban J connectivity index is 1.37. The quantitative estimate of drug-likeness (QED) is 0.500. The Morgan fingerprint density at radius 1 is 1.19 bits per heavy atom. The summed E-state index contributed by atoms with van der Waals surface area (Å²) in [4.78, 5) is 49.1. The fourth-order valence-electron chi connectivity index (χ4n) is 4.62. The Hall–Kier alpha value is -3.68. The highest BCUT2D eigenvalue weighted by Crippen LogP contribution is 2.33. The molecule has 0 spiro atoms. The number of likely N-dealkylation sites (tertiary alicyclic amines) is 1. The summed E-state index contributed by atoms with van der Waals surface area (Å²) in [7, 11) is 0. The van der Waals surface area contributed by atoms with E-state index in [-0.39, 0.29) is 5.91 Å². The minimum absolute atomic E-state index is 0.0592. The third kappa shape index (κ3) is 3.24. The predicted molar refractivity (Wildman–Crippen MR) is 118 cm³/mol. The first kappa shape index (κ1) is 19.3. The van der Waals surface area contributed by atoms with Gasteiger partial charge in [0.2, 0.25) is 0 Å². The zero-order chi connectivity index (χ0) is 21.5. The number of nitrogens with zero attached hydrogens (tertiary/aromatic N) is 3. The molecular weight excluding hydrogens is 394 g/mol. The third-order valence-electron chi connectivity index (χ3n) is 6.24. The van der Waals surface area contributed by atoms with Gasteiger partial charge < -0.3 is 19.4 Å². The van der Waals surface area contributed by atoms with E-state index in [0.717, 1.165) is 23.9 Å². The monoisotopic (exact) mass is 417 g/mol. The van der Waals surface area contributed by atoms with Crippen LogP contribution in [0.4, 0.5) is 0 Å². The Bertz CT molecular complexity index is 1410. The molecule has 1 fully saturated rings. The number of hydrogen-bond donors (Lipinski definition) is 2. The topological polar surface area (TPSA) is 104 Å².